The number of anilines is 2. The lowest BCUT2D eigenvalue weighted by atomic mass is 10.2. The molecule has 1 aliphatic rings. The van der Waals surface area contributed by atoms with Crippen molar-refractivity contribution in [2.75, 3.05) is 12.1 Å². The molecule has 0 aliphatic carbocycles. The molecular weight excluding hydrogens is 230 g/mol. The van der Waals surface area contributed by atoms with Crippen molar-refractivity contribution in [2.24, 2.45) is 0 Å². The van der Waals surface area contributed by atoms with Crippen molar-refractivity contribution in [3.8, 4) is 17.6 Å². The molecule has 0 amide bonds. The monoisotopic (exact) mass is 239 g/mol. The minimum absolute atomic E-state index is 0.261. The molecule has 0 saturated heterocycles. The van der Waals surface area contributed by atoms with Crippen LogP contribution in [-0.4, -0.2) is 11.8 Å². The van der Waals surface area contributed by atoms with Crippen molar-refractivity contribution in [3.63, 3.8) is 0 Å². The van der Waals surface area contributed by atoms with Crippen LogP contribution in [0.5, 0.6) is 11.5 Å². The van der Waals surface area contributed by atoms with E-state index >= 15 is 0 Å². The molecule has 1 aromatic carbocycles. The van der Waals surface area contributed by atoms with Gasteiger partial charge in [0.2, 0.25) is 6.79 Å². The van der Waals surface area contributed by atoms with E-state index in [1.54, 1.807) is 18.3 Å². The first-order valence-corrected chi connectivity index (χ1v) is 5.38. The lowest BCUT2D eigenvalue weighted by molar-refractivity contribution is 0.174. The summed E-state index contributed by atoms with van der Waals surface area (Å²) in [4.78, 5) is 3.99. The van der Waals surface area contributed by atoms with Crippen LogP contribution in [0.25, 0.3) is 0 Å². The van der Waals surface area contributed by atoms with Gasteiger partial charge in [0, 0.05) is 11.8 Å². The van der Waals surface area contributed by atoms with E-state index in [1.165, 1.54) is 0 Å². The normalized spacial score (nSPS) is 11.9. The van der Waals surface area contributed by atoms with Gasteiger partial charge in [-0.2, -0.15) is 5.26 Å². The van der Waals surface area contributed by atoms with Gasteiger partial charge in [0.1, 0.15) is 11.8 Å². The molecule has 1 N–H and O–H groups in total. The summed E-state index contributed by atoms with van der Waals surface area (Å²) < 4.78 is 10.5. The topological polar surface area (TPSA) is 67.2 Å². The largest absolute Gasteiger partial charge is 0.454 e. The highest BCUT2D eigenvalue weighted by Gasteiger charge is 2.13. The molecule has 0 spiro atoms. The smallest absolute Gasteiger partial charge is 0.231 e. The molecule has 0 fully saturated rings. The van der Waals surface area contributed by atoms with Gasteiger partial charge in [0.15, 0.2) is 11.5 Å². The van der Waals surface area contributed by atoms with Crippen LogP contribution in [0.2, 0.25) is 0 Å². The van der Waals surface area contributed by atoms with Crippen LogP contribution in [0.1, 0.15) is 5.69 Å². The number of hydrogen-bond acceptors (Lipinski definition) is 5. The second-order valence-corrected chi connectivity index (χ2v) is 3.74. The molecule has 18 heavy (non-hydrogen) atoms. The molecule has 2 aromatic rings. The minimum Gasteiger partial charge on any atom is -0.454 e. The van der Waals surface area contributed by atoms with Crippen LogP contribution in [0.15, 0.2) is 36.5 Å². The molecule has 1 aromatic heterocycles. The van der Waals surface area contributed by atoms with Crippen molar-refractivity contribution in [1.82, 2.24) is 4.98 Å². The summed E-state index contributed by atoms with van der Waals surface area (Å²) in [6.07, 6.45) is 1.61. The van der Waals surface area contributed by atoms with Crippen molar-refractivity contribution < 1.29 is 9.47 Å². The van der Waals surface area contributed by atoms with E-state index in [-0.39, 0.29) is 6.79 Å². The van der Waals surface area contributed by atoms with E-state index < -0.39 is 0 Å². The van der Waals surface area contributed by atoms with Gasteiger partial charge in [-0.25, -0.2) is 4.98 Å². The number of nitriles is 1. The fourth-order valence-electron chi connectivity index (χ4n) is 1.67. The number of fused-ring (bicyclic) bond motifs is 1. The van der Waals surface area contributed by atoms with Crippen LogP contribution in [0.3, 0.4) is 0 Å². The molecule has 0 radical (unpaired) electrons. The fourth-order valence-corrected chi connectivity index (χ4v) is 1.67. The lowest BCUT2D eigenvalue weighted by Gasteiger charge is -2.06. The highest BCUT2D eigenvalue weighted by Crippen LogP contribution is 2.34. The van der Waals surface area contributed by atoms with Gasteiger partial charge >= 0.3 is 0 Å². The number of ether oxygens (including phenoxy) is 2. The number of pyridine rings is 1. The second-order valence-electron chi connectivity index (χ2n) is 3.74. The van der Waals surface area contributed by atoms with Crippen LogP contribution in [0, 0.1) is 11.3 Å². The molecule has 2 heterocycles. The predicted molar refractivity (Wildman–Crippen MR) is 64.8 cm³/mol. The summed E-state index contributed by atoms with van der Waals surface area (Å²) in [5, 5.41) is 11.8. The first kappa shape index (κ1) is 10.4. The highest BCUT2D eigenvalue weighted by atomic mass is 16.7. The zero-order valence-electron chi connectivity index (χ0n) is 9.38. The zero-order valence-corrected chi connectivity index (χ0v) is 9.38. The molecule has 88 valence electrons. The summed E-state index contributed by atoms with van der Waals surface area (Å²) >= 11 is 0. The standard InChI is InChI=1S/C13H9N3O2/c14-6-10-1-2-11(7-15-10)16-9-3-4-12-13(5-9)18-8-17-12/h1-5,7,16H,8H2. The second kappa shape index (κ2) is 4.26. The van der Waals surface area contributed by atoms with Crippen LogP contribution in [0.4, 0.5) is 11.4 Å². The number of nitrogens with one attached hydrogen (secondary N) is 1. The van der Waals surface area contributed by atoms with E-state index in [1.807, 2.05) is 24.3 Å². The van der Waals surface area contributed by atoms with Crippen molar-refractivity contribution in [2.45, 2.75) is 0 Å². The van der Waals surface area contributed by atoms with Gasteiger partial charge in [-0.3, -0.25) is 0 Å². The molecule has 5 nitrogen and oxygen atoms in total. The Morgan fingerprint density at radius 2 is 1.94 bits per heavy atom. The summed E-state index contributed by atoms with van der Waals surface area (Å²) in [7, 11) is 0. The third-order valence-corrected chi connectivity index (χ3v) is 2.54. The van der Waals surface area contributed by atoms with E-state index in [9.17, 15) is 0 Å². The van der Waals surface area contributed by atoms with Gasteiger partial charge in [0.25, 0.3) is 0 Å². The third kappa shape index (κ3) is 1.92. The van der Waals surface area contributed by atoms with Gasteiger partial charge < -0.3 is 14.8 Å². The van der Waals surface area contributed by atoms with Crippen molar-refractivity contribution >= 4 is 11.4 Å². The predicted octanol–water partition coefficient (Wildman–Crippen LogP) is 2.43. The Bertz CT molecular complexity index is 617. The number of rotatable bonds is 2. The minimum atomic E-state index is 0.261. The summed E-state index contributed by atoms with van der Waals surface area (Å²) in [5.74, 6) is 1.47. The zero-order chi connectivity index (χ0) is 12.4. The average molecular weight is 239 g/mol. The van der Waals surface area contributed by atoms with Crippen LogP contribution < -0.4 is 14.8 Å². The van der Waals surface area contributed by atoms with E-state index in [4.69, 9.17) is 14.7 Å². The molecule has 0 atom stereocenters. The Balaban J connectivity index is 1.81. The number of hydrogen-bond donors (Lipinski definition) is 1. The molecule has 0 bridgehead atoms. The molecule has 0 unspecified atom stereocenters. The molecule has 3 rings (SSSR count). The average Bonchev–Trinajstić information content (AvgIpc) is 2.87. The number of benzene rings is 1. The maximum Gasteiger partial charge on any atom is 0.231 e. The fraction of sp³-hybridized carbons (Fsp3) is 0.0769. The molecule has 0 saturated carbocycles. The van der Waals surface area contributed by atoms with Crippen molar-refractivity contribution in [1.29, 1.82) is 5.26 Å². The Hall–Kier alpha value is -2.74. The van der Waals surface area contributed by atoms with Gasteiger partial charge in [0.05, 0.1) is 11.9 Å². The molecule has 1 aliphatic heterocycles. The Kier molecular flexibility index (Phi) is 2.47. The number of aromatic nitrogens is 1. The molecule has 5 heteroatoms. The van der Waals surface area contributed by atoms with Gasteiger partial charge in [-0.05, 0) is 24.3 Å². The summed E-state index contributed by atoms with van der Waals surface area (Å²) in [6, 6.07) is 11.0. The lowest BCUT2D eigenvalue weighted by Crippen LogP contribution is -1.93. The highest BCUT2D eigenvalue weighted by molar-refractivity contribution is 5.63. The maximum atomic E-state index is 8.66. The Morgan fingerprint density at radius 1 is 1.11 bits per heavy atom. The summed E-state index contributed by atoms with van der Waals surface area (Å²) in [5.41, 5.74) is 2.09. The number of nitrogens with zero attached hydrogens (tertiary/aromatic N) is 2. The van der Waals surface area contributed by atoms with Crippen LogP contribution in [-0.2, 0) is 0 Å². The summed E-state index contributed by atoms with van der Waals surface area (Å²) in [6.45, 7) is 0.261. The third-order valence-electron chi connectivity index (χ3n) is 2.54. The van der Waals surface area contributed by atoms with Gasteiger partial charge in [-0.15, -0.1) is 0 Å². The first-order valence-electron chi connectivity index (χ1n) is 5.38. The Labute approximate surface area is 104 Å². The Morgan fingerprint density at radius 3 is 2.72 bits per heavy atom. The van der Waals surface area contributed by atoms with Crippen LogP contribution >= 0.6 is 0 Å². The van der Waals surface area contributed by atoms with E-state index in [0.29, 0.717) is 5.69 Å². The first-order chi connectivity index (χ1) is 8.85. The SMILES string of the molecule is N#Cc1ccc(Nc2ccc3c(c2)OCO3)cn1. The van der Waals surface area contributed by atoms with Gasteiger partial charge in [-0.1, -0.05) is 0 Å². The van der Waals surface area contributed by atoms with Crippen molar-refractivity contribution in [3.05, 3.63) is 42.2 Å². The maximum absolute atomic E-state index is 8.66. The van der Waals surface area contributed by atoms with E-state index in [2.05, 4.69) is 10.3 Å². The quantitative estimate of drug-likeness (QED) is 0.871. The van der Waals surface area contributed by atoms with E-state index in [0.717, 1.165) is 22.9 Å². The molecular formula is C13H9N3O2.